The Morgan fingerprint density at radius 1 is 1.43 bits per heavy atom. The summed E-state index contributed by atoms with van der Waals surface area (Å²) in [6.07, 6.45) is 1.67. The molecule has 0 aromatic carbocycles. The number of nitrogens with zero attached hydrogens (tertiary/aromatic N) is 1. The fourth-order valence-corrected chi connectivity index (χ4v) is 1.08. The summed E-state index contributed by atoms with van der Waals surface area (Å²) in [6, 6.07) is -0.344. The van der Waals surface area contributed by atoms with Crippen molar-refractivity contribution < 1.29 is 10.2 Å². The lowest BCUT2D eigenvalue weighted by atomic mass is 10.1. The maximum Gasteiger partial charge on any atom is 0.0921 e. The molecular formula is C9H21N3O2. The van der Waals surface area contributed by atoms with Crippen molar-refractivity contribution in [3.05, 3.63) is 0 Å². The third-order valence-corrected chi connectivity index (χ3v) is 1.99. The summed E-state index contributed by atoms with van der Waals surface area (Å²) in [5.41, 5.74) is 11.0. The highest BCUT2D eigenvalue weighted by molar-refractivity contribution is 5.77. The molecule has 0 aliphatic carbocycles. The molecule has 0 aliphatic heterocycles. The second kappa shape index (κ2) is 7.73. The molecule has 14 heavy (non-hydrogen) atoms. The van der Waals surface area contributed by atoms with Crippen molar-refractivity contribution in [2.45, 2.75) is 38.3 Å². The lowest BCUT2D eigenvalue weighted by Crippen LogP contribution is -2.37. The SMILES string of the molecule is CC(N)=NCCCC[C@H](N)[C@H](O)CO. The maximum absolute atomic E-state index is 9.15. The Morgan fingerprint density at radius 2 is 2.07 bits per heavy atom. The molecule has 6 N–H and O–H groups in total. The third kappa shape index (κ3) is 6.82. The average Bonchev–Trinajstić information content (AvgIpc) is 2.15. The summed E-state index contributed by atoms with van der Waals surface area (Å²) in [5.74, 6) is 0.588. The van der Waals surface area contributed by atoms with E-state index in [0.717, 1.165) is 12.8 Å². The molecule has 0 heterocycles. The Balaban J connectivity index is 3.40. The van der Waals surface area contributed by atoms with Crippen LogP contribution in [0.3, 0.4) is 0 Å². The minimum Gasteiger partial charge on any atom is -0.394 e. The highest BCUT2D eigenvalue weighted by Gasteiger charge is 2.12. The smallest absolute Gasteiger partial charge is 0.0921 e. The second-order valence-electron chi connectivity index (χ2n) is 3.43. The number of nitrogens with two attached hydrogens (primary N) is 2. The highest BCUT2D eigenvalue weighted by Crippen LogP contribution is 2.02. The molecule has 2 atom stereocenters. The van der Waals surface area contributed by atoms with Gasteiger partial charge in [-0.05, 0) is 26.2 Å². The van der Waals surface area contributed by atoms with Crippen molar-refractivity contribution in [3.8, 4) is 0 Å². The van der Waals surface area contributed by atoms with E-state index < -0.39 is 6.10 Å². The summed E-state index contributed by atoms with van der Waals surface area (Å²) < 4.78 is 0. The third-order valence-electron chi connectivity index (χ3n) is 1.99. The number of hydrogen-bond acceptors (Lipinski definition) is 4. The predicted octanol–water partition coefficient (Wildman–Crippen LogP) is -0.786. The zero-order chi connectivity index (χ0) is 11.0. The second-order valence-corrected chi connectivity index (χ2v) is 3.43. The number of aliphatic hydroxyl groups is 2. The van der Waals surface area contributed by atoms with E-state index in [1.807, 2.05) is 0 Å². The number of aliphatic imine (C=N–C) groups is 1. The normalized spacial score (nSPS) is 16.7. The molecule has 0 spiro atoms. The van der Waals surface area contributed by atoms with Gasteiger partial charge in [0.1, 0.15) is 0 Å². The van der Waals surface area contributed by atoms with Gasteiger partial charge in [0, 0.05) is 12.6 Å². The molecule has 5 nitrogen and oxygen atoms in total. The van der Waals surface area contributed by atoms with E-state index in [1.54, 1.807) is 6.92 Å². The van der Waals surface area contributed by atoms with Gasteiger partial charge in [-0.2, -0.15) is 0 Å². The molecule has 0 aromatic heterocycles. The lowest BCUT2D eigenvalue weighted by Gasteiger charge is -2.15. The van der Waals surface area contributed by atoms with E-state index in [4.69, 9.17) is 21.7 Å². The maximum atomic E-state index is 9.15. The van der Waals surface area contributed by atoms with Crippen molar-refractivity contribution in [2.75, 3.05) is 13.2 Å². The first kappa shape index (κ1) is 13.4. The Kier molecular flexibility index (Phi) is 7.37. The van der Waals surface area contributed by atoms with Crippen LogP contribution in [0.2, 0.25) is 0 Å². The summed E-state index contributed by atoms with van der Waals surface area (Å²) in [4.78, 5) is 4.03. The Hall–Kier alpha value is -0.650. The van der Waals surface area contributed by atoms with E-state index in [1.165, 1.54) is 0 Å². The molecule has 5 heteroatoms. The summed E-state index contributed by atoms with van der Waals surface area (Å²) in [5, 5.41) is 17.8. The highest BCUT2D eigenvalue weighted by atomic mass is 16.3. The molecule has 0 rings (SSSR count). The number of hydrogen-bond donors (Lipinski definition) is 4. The molecule has 0 saturated carbocycles. The Morgan fingerprint density at radius 3 is 2.57 bits per heavy atom. The zero-order valence-electron chi connectivity index (χ0n) is 8.69. The molecule has 0 aliphatic rings. The molecule has 0 saturated heterocycles. The minimum atomic E-state index is -0.810. The topological polar surface area (TPSA) is 105 Å². The van der Waals surface area contributed by atoms with Crippen LogP contribution in [0.4, 0.5) is 0 Å². The van der Waals surface area contributed by atoms with Gasteiger partial charge in [0.2, 0.25) is 0 Å². The van der Waals surface area contributed by atoms with E-state index in [-0.39, 0.29) is 12.6 Å². The van der Waals surface area contributed by atoms with Crippen molar-refractivity contribution in [1.29, 1.82) is 0 Å². The van der Waals surface area contributed by atoms with Gasteiger partial charge in [0.15, 0.2) is 0 Å². The van der Waals surface area contributed by atoms with Gasteiger partial charge in [0.05, 0.1) is 18.5 Å². The first-order valence-electron chi connectivity index (χ1n) is 4.89. The molecule has 0 bridgehead atoms. The zero-order valence-corrected chi connectivity index (χ0v) is 8.69. The molecular weight excluding hydrogens is 182 g/mol. The quantitative estimate of drug-likeness (QED) is 0.247. The van der Waals surface area contributed by atoms with Crippen molar-refractivity contribution in [2.24, 2.45) is 16.5 Å². The van der Waals surface area contributed by atoms with Gasteiger partial charge in [-0.25, -0.2) is 0 Å². The molecule has 0 radical (unpaired) electrons. The number of aliphatic hydroxyl groups excluding tert-OH is 2. The lowest BCUT2D eigenvalue weighted by molar-refractivity contribution is 0.0712. The summed E-state index contributed by atoms with van der Waals surface area (Å²) in [6.45, 7) is 2.17. The van der Waals surface area contributed by atoms with Gasteiger partial charge in [-0.1, -0.05) is 0 Å². The van der Waals surface area contributed by atoms with Crippen LogP contribution >= 0.6 is 0 Å². The van der Waals surface area contributed by atoms with Gasteiger partial charge in [0.25, 0.3) is 0 Å². The van der Waals surface area contributed by atoms with Crippen LogP contribution < -0.4 is 11.5 Å². The van der Waals surface area contributed by atoms with Crippen molar-refractivity contribution in [3.63, 3.8) is 0 Å². The van der Waals surface area contributed by atoms with E-state index in [2.05, 4.69) is 4.99 Å². The first-order valence-corrected chi connectivity index (χ1v) is 4.89. The van der Waals surface area contributed by atoms with E-state index in [9.17, 15) is 0 Å². The Labute approximate surface area is 84.8 Å². The number of rotatable bonds is 7. The van der Waals surface area contributed by atoms with Crippen LogP contribution in [-0.4, -0.2) is 41.3 Å². The van der Waals surface area contributed by atoms with Crippen LogP contribution in [0, 0.1) is 0 Å². The molecule has 0 aromatic rings. The predicted molar refractivity (Wildman–Crippen MR) is 57.1 cm³/mol. The van der Waals surface area contributed by atoms with E-state index in [0.29, 0.717) is 18.8 Å². The number of unbranched alkanes of at least 4 members (excludes halogenated alkanes) is 1. The Bertz CT molecular complexity index is 169. The van der Waals surface area contributed by atoms with Gasteiger partial charge in [-0.3, -0.25) is 4.99 Å². The molecule has 84 valence electrons. The van der Waals surface area contributed by atoms with Crippen LogP contribution in [-0.2, 0) is 0 Å². The van der Waals surface area contributed by atoms with Gasteiger partial charge < -0.3 is 21.7 Å². The summed E-state index contributed by atoms with van der Waals surface area (Å²) in [7, 11) is 0. The number of amidine groups is 1. The van der Waals surface area contributed by atoms with Crippen LogP contribution in [0.15, 0.2) is 4.99 Å². The average molecular weight is 203 g/mol. The monoisotopic (exact) mass is 203 g/mol. The van der Waals surface area contributed by atoms with Gasteiger partial charge >= 0.3 is 0 Å². The van der Waals surface area contributed by atoms with Crippen molar-refractivity contribution >= 4 is 5.84 Å². The largest absolute Gasteiger partial charge is 0.394 e. The first-order chi connectivity index (χ1) is 6.57. The summed E-state index contributed by atoms with van der Waals surface area (Å²) >= 11 is 0. The minimum absolute atomic E-state index is 0.277. The fourth-order valence-electron chi connectivity index (χ4n) is 1.08. The standard InChI is InChI=1S/C9H21N3O2/c1-7(10)12-5-3-2-4-8(11)9(14)6-13/h8-9,13-14H,2-6,11H2,1H3,(H2,10,12)/t8-,9+/m0/s1. The van der Waals surface area contributed by atoms with Gasteiger partial charge in [-0.15, -0.1) is 0 Å². The molecule has 0 unspecified atom stereocenters. The molecule has 0 fully saturated rings. The van der Waals surface area contributed by atoms with Crippen LogP contribution in [0.5, 0.6) is 0 Å². The fraction of sp³-hybridized carbons (Fsp3) is 0.889. The van der Waals surface area contributed by atoms with Crippen LogP contribution in [0.1, 0.15) is 26.2 Å². The molecule has 0 amide bonds. The van der Waals surface area contributed by atoms with Crippen LogP contribution in [0.25, 0.3) is 0 Å². The van der Waals surface area contributed by atoms with E-state index >= 15 is 0 Å². The van der Waals surface area contributed by atoms with Crippen molar-refractivity contribution in [1.82, 2.24) is 0 Å².